The molecule has 0 heterocycles. The maximum Gasteiger partial charge on any atom is 0.233 e. The average Bonchev–Trinajstić information content (AvgIpc) is 2.95. The van der Waals surface area contributed by atoms with Crippen LogP contribution >= 0.6 is 0 Å². The lowest BCUT2D eigenvalue weighted by atomic mass is 9.98. The Hall–Kier alpha value is -1.84. The number of hydrogen-bond donors (Lipinski definition) is 2. The average molecular weight is 218 g/mol. The lowest BCUT2D eigenvalue weighted by molar-refractivity contribution is -0.134. The zero-order valence-electron chi connectivity index (χ0n) is 8.85. The minimum absolute atomic E-state index is 0.0371. The summed E-state index contributed by atoms with van der Waals surface area (Å²) in [6.45, 7) is 0. The molecule has 1 aliphatic carbocycles. The molecule has 0 radical (unpaired) electrons. The Morgan fingerprint density at radius 3 is 2.19 bits per heavy atom. The van der Waals surface area contributed by atoms with Crippen LogP contribution in [0.2, 0.25) is 0 Å². The monoisotopic (exact) mass is 218 g/mol. The van der Waals surface area contributed by atoms with Crippen LogP contribution in [0, 0.1) is 11.3 Å². The fraction of sp³-hybridized carbons (Fsp3) is 0.333. The molecule has 1 aromatic rings. The standard InChI is InChI=1S/C12H14N2O2/c13-10(15)12(11(14)16)7-9(12)6-8-4-2-1-3-5-8/h1-5,9H,6-7H2,(H2,13,15)(H2,14,16). The molecule has 2 amide bonds. The molecule has 0 saturated heterocycles. The van der Waals surface area contributed by atoms with Gasteiger partial charge in [-0.25, -0.2) is 0 Å². The zero-order valence-corrected chi connectivity index (χ0v) is 8.85. The molecule has 4 N–H and O–H groups in total. The second-order valence-electron chi connectivity index (χ2n) is 4.29. The van der Waals surface area contributed by atoms with Gasteiger partial charge in [0.2, 0.25) is 11.8 Å². The molecule has 1 fully saturated rings. The van der Waals surface area contributed by atoms with Crippen molar-refractivity contribution >= 4 is 11.8 Å². The molecule has 1 atom stereocenters. The van der Waals surface area contributed by atoms with Crippen molar-refractivity contribution in [2.45, 2.75) is 12.8 Å². The van der Waals surface area contributed by atoms with Gasteiger partial charge >= 0.3 is 0 Å². The van der Waals surface area contributed by atoms with Crippen molar-refractivity contribution in [3.8, 4) is 0 Å². The molecule has 4 nitrogen and oxygen atoms in total. The number of hydrogen-bond acceptors (Lipinski definition) is 2. The van der Waals surface area contributed by atoms with Crippen molar-refractivity contribution in [2.24, 2.45) is 22.8 Å². The first-order chi connectivity index (χ1) is 7.57. The van der Waals surface area contributed by atoms with E-state index in [1.165, 1.54) is 0 Å². The van der Waals surface area contributed by atoms with Crippen LogP contribution in [0.4, 0.5) is 0 Å². The van der Waals surface area contributed by atoms with Crippen molar-refractivity contribution in [3.63, 3.8) is 0 Å². The van der Waals surface area contributed by atoms with Gasteiger partial charge < -0.3 is 11.5 Å². The Labute approximate surface area is 93.6 Å². The van der Waals surface area contributed by atoms with Crippen LogP contribution in [-0.4, -0.2) is 11.8 Å². The number of amides is 2. The van der Waals surface area contributed by atoms with E-state index in [1.807, 2.05) is 30.3 Å². The van der Waals surface area contributed by atoms with Gasteiger partial charge in [-0.1, -0.05) is 30.3 Å². The molecule has 0 bridgehead atoms. The Kier molecular flexibility index (Phi) is 2.42. The molecule has 1 unspecified atom stereocenters. The summed E-state index contributed by atoms with van der Waals surface area (Å²) < 4.78 is 0. The normalized spacial score (nSPS) is 21.4. The summed E-state index contributed by atoms with van der Waals surface area (Å²) in [5.74, 6) is -1.23. The van der Waals surface area contributed by atoms with E-state index in [4.69, 9.17) is 11.5 Å². The van der Waals surface area contributed by atoms with Crippen LogP contribution in [0.5, 0.6) is 0 Å². The first kappa shape index (κ1) is 10.7. The minimum Gasteiger partial charge on any atom is -0.369 e. The number of rotatable bonds is 4. The molecule has 16 heavy (non-hydrogen) atoms. The van der Waals surface area contributed by atoms with Crippen LogP contribution in [0.15, 0.2) is 30.3 Å². The van der Waals surface area contributed by atoms with Gasteiger partial charge in [0.25, 0.3) is 0 Å². The topological polar surface area (TPSA) is 86.2 Å². The fourth-order valence-electron chi connectivity index (χ4n) is 2.20. The largest absolute Gasteiger partial charge is 0.369 e. The minimum atomic E-state index is -1.10. The molecule has 1 aliphatic rings. The number of benzene rings is 1. The quantitative estimate of drug-likeness (QED) is 0.707. The van der Waals surface area contributed by atoms with Crippen LogP contribution in [0.1, 0.15) is 12.0 Å². The summed E-state index contributed by atoms with van der Waals surface area (Å²) in [6, 6.07) is 9.70. The maximum atomic E-state index is 11.2. The third-order valence-electron chi connectivity index (χ3n) is 3.31. The summed E-state index contributed by atoms with van der Waals surface area (Å²) in [4.78, 5) is 22.5. The highest BCUT2D eigenvalue weighted by Gasteiger charge is 2.63. The summed E-state index contributed by atoms with van der Waals surface area (Å²) in [6.07, 6.45) is 1.15. The van der Waals surface area contributed by atoms with E-state index in [-0.39, 0.29) is 5.92 Å². The van der Waals surface area contributed by atoms with Gasteiger partial charge in [0.1, 0.15) is 5.41 Å². The van der Waals surface area contributed by atoms with Gasteiger partial charge in [-0.05, 0) is 24.3 Å². The lowest BCUT2D eigenvalue weighted by Crippen LogP contribution is -2.38. The second kappa shape index (κ2) is 3.63. The summed E-state index contributed by atoms with van der Waals surface area (Å²) >= 11 is 0. The van der Waals surface area contributed by atoms with E-state index in [1.54, 1.807) is 0 Å². The van der Waals surface area contributed by atoms with Crippen molar-refractivity contribution in [2.75, 3.05) is 0 Å². The van der Waals surface area contributed by atoms with Gasteiger partial charge in [0, 0.05) is 0 Å². The van der Waals surface area contributed by atoms with E-state index in [2.05, 4.69) is 0 Å². The predicted molar refractivity (Wildman–Crippen MR) is 59.1 cm³/mol. The number of nitrogens with two attached hydrogens (primary N) is 2. The van der Waals surface area contributed by atoms with Gasteiger partial charge in [-0.15, -0.1) is 0 Å². The number of primary amides is 2. The summed E-state index contributed by atoms with van der Waals surface area (Å²) in [7, 11) is 0. The molecule has 0 aliphatic heterocycles. The molecule has 1 saturated carbocycles. The number of carbonyl (C=O) groups is 2. The summed E-state index contributed by atoms with van der Waals surface area (Å²) in [5, 5.41) is 0. The Balaban J connectivity index is 2.11. The molecule has 0 aromatic heterocycles. The van der Waals surface area contributed by atoms with E-state index in [0.29, 0.717) is 12.8 Å². The highest BCUT2D eigenvalue weighted by atomic mass is 16.2. The molecule has 4 heteroatoms. The highest BCUT2D eigenvalue weighted by Crippen LogP contribution is 2.53. The Morgan fingerprint density at radius 1 is 1.19 bits per heavy atom. The lowest BCUT2D eigenvalue weighted by Gasteiger charge is -2.08. The Bertz CT molecular complexity index is 414. The molecule has 2 rings (SSSR count). The first-order valence-corrected chi connectivity index (χ1v) is 5.21. The van der Waals surface area contributed by atoms with E-state index in [9.17, 15) is 9.59 Å². The van der Waals surface area contributed by atoms with E-state index >= 15 is 0 Å². The highest BCUT2D eigenvalue weighted by molar-refractivity contribution is 6.07. The Morgan fingerprint density at radius 2 is 1.75 bits per heavy atom. The molecular formula is C12H14N2O2. The van der Waals surface area contributed by atoms with Crippen molar-refractivity contribution in [3.05, 3.63) is 35.9 Å². The third-order valence-corrected chi connectivity index (χ3v) is 3.31. The van der Waals surface area contributed by atoms with Crippen LogP contribution in [-0.2, 0) is 16.0 Å². The van der Waals surface area contributed by atoms with Gasteiger partial charge in [-0.3, -0.25) is 9.59 Å². The van der Waals surface area contributed by atoms with Gasteiger partial charge in [-0.2, -0.15) is 0 Å². The first-order valence-electron chi connectivity index (χ1n) is 5.21. The third kappa shape index (κ3) is 1.56. The van der Waals surface area contributed by atoms with Crippen LogP contribution in [0.3, 0.4) is 0 Å². The molecule has 84 valence electrons. The predicted octanol–water partition coefficient (Wildman–Crippen LogP) is 0.206. The molecular weight excluding hydrogens is 204 g/mol. The van der Waals surface area contributed by atoms with Gasteiger partial charge in [0.15, 0.2) is 0 Å². The van der Waals surface area contributed by atoms with E-state index in [0.717, 1.165) is 5.56 Å². The molecule has 1 aromatic carbocycles. The van der Waals surface area contributed by atoms with Crippen molar-refractivity contribution < 1.29 is 9.59 Å². The summed E-state index contributed by atoms with van der Waals surface area (Å²) in [5.41, 5.74) is 10.5. The van der Waals surface area contributed by atoms with Crippen LogP contribution in [0.25, 0.3) is 0 Å². The van der Waals surface area contributed by atoms with E-state index < -0.39 is 17.2 Å². The SMILES string of the molecule is NC(=O)C1(C(N)=O)CC1Cc1ccccc1. The fourth-order valence-corrected chi connectivity index (χ4v) is 2.20. The van der Waals surface area contributed by atoms with Gasteiger partial charge in [0.05, 0.1) is 0 Å². The maximum absolute atomic E-state index is 11.2. The van der Waals surface area contributed by atoms with Crippen molar-refractivity contribution in [1.29, 1.82) is 0 Å². The van der Waals surface area contributed by atoms with Crippen molar-refractivity contribution in [1.82, 2.24) is 0 Å². The smallest absolute Gasteiger partial charge is 0.233 e. The van der Waals surface area contributed by atoms with Crippen LogP contribution < -0.4 is 11.5 Å². The molecule has 0 spiro atoms. The number of carbonyl (C=O) groups excluding carboxylic acids is 2. The zero-order chi connectivity index (χ0) is 11.8. The second-order valence-corrected chi connectivity index (χ2v) is 4.29.